The molecule has 2 rings (SSSR count). The maximum Gasteiger partial charge on any atom is 0.199 e. The number of rotatable bonds is 8. The van der Waals surface area contributed by atoms with Gasteiger partial charge in [0.25, 0.3) is 0 Å². The second-order valence-electron chi connectivity index (χ2n) is 6.79. The smallest absolute Gasteiger partial charge is 0.199 e. The van der Waals surface area contributed by atoms with Crippen LogP contribution in [0.1, 0.15) is 39.4 Å². The number of aliphatic hydroxyl groups excluding tert-OH is 1. The second-order valence-corrected chi connectivity index (χ2v) is 7.16. The summed E-state index contributed by atoms with van der Waals surface area (Å²) < 4.78 is 4.53. The highest BCUT2D eigenvalue weighted by Gasteiger charge is 2.18. The quantitative estimate of drug-likeness (QED) is 0.732. The van der Waals surface area contributed by atoms with Crippen molar-refractivity contribution in [2.75, 3.05) is 32.7 Å². The van der Waals surface area contributed by atoms with Gasteiger partial charge in [-0.05, 0) is 37.5 Å². The Morgan fingerprint density at radius 3 is 2.35 bits per heavy atom. The summed E-state index contributed by atoms with van der Waals surface area (Å²) >= 11 is 5.52. The number of piperazine rings is 1. The minimum absolute atomic E-state index is 0.0559. The van der Waals surface area contributed by atoms with E-state index >= 15 is 0 Å². The van der Waals surface area contributed by atoms with E-state index in [0.717, 1.165) is 56.5 Å². The van der Waals surface area contributed by atoms with Crippen LogP contribution in [0.5, 0.6) is 0 Å². The van der Waals surface area contributed by atoms with Crippen molar-refractivity contribution in [1.82, 2.24) is 24.1 Å². The van der Waals surface area contributed by atoms with Crippen LogP contribution in [0.25, 0.3) is 0 Å². The van der Waals surface area contributed by atoms with Gasteiger partial charge >= 0.3 is 0 Å². The van der Waals surface area contributed by atoms with Gasteiger partial charge in [0, 0.05) is 32.7 Å². The zero-order valence-corrected chi connectivity index (χ0v) is 15.6. The molecule has 0 atom stereocenters. The Hall–Kier alpha value is -0.760. The van der Waals surface area contributed by atoms with Crippen molar-refractivity contribution >= 4 is 12.2 Å². The average Bonchev–Trinajstić information content (AvgIpc) is 2.83. The highest BCUT2D eigenvalue weighted by atomic mass is 32.1. The Morgan fingerprint density at radius 2 is 1.78 bits per heavy atom. The van der Waals surface area contributed by atoms with Crippen LogP contribution >= 0.6 is 12.2 Å². The number of aliphatic hydroxyl groups is 1. The first kappa shape index (κ1) is 18.6. The minimum atomic E-state index is -0.0559. The summed E-state index contributed by atoms with van der Waals surface area (Å²) in [6.45, 7) is 13.7. The molecule has 6 nitrogen and oxygen atoms in total. The monoisotopic (exact) mass is 341 g/mol. The second kappa shape index (κ2) is 8.92. The van der Waals surface area contributed by atoms with E-state index in [4.69, 9.17) is 12.2 Å². The van der Waals surface area contributed by atoms with E-state index < -0.39 is 0 Å². The zero-order chi connectivity index (χ0) is 16.8. The summed E-state index contributed by atoms with van der Waals surface area (Å²) in [5.41, 5.74) is 0. The van der Waals surface area contributed by atoms with Gasteiger partial charge in [0.15, 0.2) is 10.6 Å². The first-order valence-electron chi connectivity index (χ1n) is 8.77. The van der Waals surface area contributed by atoms with Crippen molar-refractivity contribution in [2.45, 2.75) is 53.4 Å². The molecule has 0 spiro atoms. The molecule has 7 heteroatoms. The van der Waals surface area contributed by atoms with Crippen molar-refractivity contribution in [2.24, 2.45) is 5.92 Å². The molecule has 0 amide bonds. The number of hydrogen-bond acceptors (Lipinski definition) is 5. The molecule has 0 bridgehead atoms. The third-order valence-electron chi connectivity index (χ3n) is 4.41. The van der Waals surface area contributed by atoms with Crippen LogP contribution in [-0.2, 0) is 19.8 Å². The number of nitrogens with zero attached hydrogens (tertiary/aromatic N) is 5. The topological polar surface area (TPSA) is 49.5 Å². The van der Waals surface area contributed by atoms with Gasteiger partial charge in [-0.3, -0.25) is 4.90 Å². The molecule has 0 radical (unpaired) electrons. The summed E-state index contributed by atoms with van der Waals surface area (Å²) in [6.07, 6.45) is 2.26. The summed E-state index contributed by atoms with van der Waals surface area (Å²) in [4.78, 5) is 4.94. The molecule has 1 aliphatic rings. The van der Waals surface area contributed by atoms with Gasteiger partial charge in [-0.1, -0.05) is 20.8 Å². The lowest BCUT2D eigenvalue weighted by molar-refractivity contribution is 0.0990. The van der Waals surface area contributed by atoms with Crippen LogP contribution in [0.4, 0.5) is 0 Å². The molecule has 0 aromatic carbocycles. The largest absolute Gasteiger partial charge is 0.388 e. The van der Waals surface area contributed by atoms with Crippen LogP contribution in [0.3, 0.4) is 0 Å². The lowest BCUT2D eigenvalue weighted by Crippen LogP contribution is -2.47. The van der Waals surface area contributed by atoms with Crippen molar-refractivity contribution in [3.63, 3.8) is 0 Å². The first-order valence-corrected chi connectivity index (χ1v) is 9.18. The minimum Gasteiger partial charge on any atom is -0.388 e. The van der Waals surface area contributed by atoms with Gasteiger partial charge < -0.3 is 14.6 Å². The molecule has 2 heterocycles. The lowest BCUT2D eigenvalue weighted by atomic mass is 10.1. The number of aromatic nitrogens is 3. The Bertz CT molecular complexity index is 531. The number of hydrogen-bond donors (Lipinski definition) is 1. The Balaban J connectivity index is 1.90. The molecule has 23 heavy (non-hydrogen) atoms. The van der Waals surface area contributed by atoms with Crippen LogP contribution < -0.4 is 0 Å². The van der Waals surface area contributed by atoms with Crippen LogP contribution in [-0.4, -0.2) is 62.0 Å². The summed E-state index contributed by atoms with van der Waals surface area (Å²) in [5, 5.41) is 14.0. The lowest BCUT2D eigenvalue weighted by Gasteiger charge is -2.34. The first-order chi connectivity index (χ1) is 11.0. The van der Waals surface area contributed by atoms with E-state index in [2.05, 4.69) is 35.7 Å². The predicted octanol–water partition coefficient (Wildman–Crippen LogP) is 1.94. The van der Waals surface area contributed by atoms with E-state index in [0.29, 0.717) is 5.82 Å². The molecule has 0 unspecified atom stereocenters. The standard InChI is InChI=1S/C16H31N5OS/c1-4-6-20-15(12-22)17-21(16(20)23)13-19-10-8-18(9-11-19)7-5-14(2)3/h14,22H,4-13H2,1-3H3. The molecule has 1 aliphatic heterocycles. The molecule has 1 fully saturated rings. The highest BCUT2D eigenvalue weighted by molar-refractivity contribution is 7.71. The van der Waals surface area contributed by atoms with E-state index in [9.17, 15) is 5.11 Å². The fourth-order valence-corrected chi connectivity index (χ4v) is 3.22. The summed E-state index contributed by atoms with van der Waals surface area (Å²) in [7, 11) is 0. The maximum absolute atomic E-state index is 9.46. The molecular formula is C16H31N5OS. The van der Waals surface area contributed by atoms with Crippen LogP contribution in [0, 0.1) is 10.7 Å². The van der Waals surface area contributed by atoms with Gasteiger partial charge in [0.2, 0.25) is 0 Å². The summed E-state index contributed by atoms with van der Waals surface area (Å²) in [6, 6.07) is 0. The molecule has 1 saturated heterocycles. The normalized spacial score (nSPS) is 17.3. The van der Waals surface area contributed by atoms with E-state index in [1.807, 2.05) is 9.25 Å². The van der Waals surface area contributed by atoms with Crippen molar-refractivity contribution < 1.29 is 5.11 Å². The third kappa shape index (κ3) is 5.11. The Labute approximate surface area is 144 Å². The fourth-order valence-electron chi connectivity index (χ4n) is 2.93. The maximum atomic E-state index is 9.46. The van der Waals surface area contributed by atoms with Crippen molar-refractivity contribution in [1.29, 1.82) is 0 Å². The molecule has 0 aliphatic carbocycles. The van der Waals surface area contributed by atoms with Gasteiger partial charge in [0.1, 0.15) is 6.61 Å². The van der Waals surface area contributed by atoms with Gasteiger partial charge in [-0.25, -0.2) is 4.68 Å². The third-order valence-corrected chi connectivity index (χ3v) is 4.84. The molecule has 1 N–H and O–H groups in total. The molecular weight excluding hydrogens is 310 g/mol. The fraction of sp³-hybridized carbons (Fsp3) is 0.875. The van der Waals surface area contributed by atoms with E-state index in [1.165, 1.54) is 13.0 Å². The zero-order valence-electron chi connectivity index (χ0n) is 14.7. The Kier molecular flexibility index (Phi) is 7.20. The SMILES string of the molecule is CCCn1c(CO)nn(CN2CCN(CCC(C)C)CC2)c1=S. The van der Waals surface area contributed by atoms with E-state index in [1.54, 1.807) is 0 Å². The van der Waals surface area contributed by atoms with Gasteiger partial charge in [-0.2, -0.15) is 5.10 Å². The molecule has 1 aromatic heterocycles. The van der Waals surface area contributed by atoms with Crippen molar-refractivity contribution in [3.05, 3.63) is 10.6 Å². The highest BCUT2D eigenvalue weighted by Crippen LogP contribution is 2.09. The van der Waals surface area contributed by atoms with Gasteiger partial charge in [-0.15, -0.1) is 0 Å². The predicted molar refractivity (Wildman–Crippen MR) is 94.7 cm³/mol. The van der Waals surface area contributed by atoms with Crippen LogP contribution in [0.15, 0.2) is 0 Å². The molecule has 1 aromatic rings. The molecule has 0 saturated carbocycles. The molecule has 132 valence electrons. The van der Waals surface area contributed by atoms with E-state index in [-0.39, 0.29) is 6.61 Å². The van der Waals surface area contributed by atoms with Gasteiger partial charge in [0.05, 0.1) is 6.67 Å². The van der Waals surface area contributed by atoms with Crippen LogP contribution in [0.2, 0.25) is 0 Å². The Morgan fingerprint density at radius 1 is 1.13 bits per heavy atom. The summed E-state index contributed by atoms with van der Waals surface area (Å²) in [5.74, 6) is 1.44. The van der Waals surface area contributed by atoms with Crippen molar-refractivity contribution in [3.8, 4) is 0 Å². The average molecular weight is 342 g/mol.